The summed E-state index contributed by atoms with van der Waals surface area (Å²) < 4.78 is 9.10. The number of benzene rings is 4. The zero-order valence-electron chi connectivity index (χ0n) is 21.2. The highest BCUT2D eigenvalue weighted by molar-refractivity contribution is 6.31. The van der Waals surface area contributed by atoms with Crippen molar-refractivity contribution in [3.8, 4) is 11.3 Å². The van der Waals surface area contributed by atoms with E-state index in [4.69, 9.17) is 9.40 Å². The Kier molecular flexibility index (Phi) is 4.12. The Balaban J connectivity index is 1.61. The van der Waals surface area contributed by atoms with Gasteiger partial charge >= 0.3 is 0 Å². The molecule has 0 aliphatic heterocycles. The molecule has 0 fully saturated rings. The Bertz CT molecular complexity index is 2160. The summed E-state index contributed by atoms with van der Waals surface area (Å²) in [5, 5.41) is 7.39. The Hall–Kier alpha value is -4.37. The van der Waals surface area contributed by atoms with Crippen LogP contribution < -0.4 is 0 Å². The zero-order valence-corrected chi connectivity index (χ0v) is 21.2. The van der Waals surface area contributed by atoms with Gasteiger partial charge in [-0.25, -0.2) is 0 Å². The highest BCUT2D eigenvalue weighted by Crippen LogP contribution is 2.46. The number of pyridine rings is 1. The molecule has 0 radical (unpaired) electrons. The van der Waals surface area contributed by atoms with Crippen molar-refractivity contribution < 1.29 is 4.42 Å². The summed E-state index contributed by atoms with van der Waals surface area (Å²) in [5.41, 5.74) is 10.2. The lowest BCUT2D eigenvalue weighted by Crippen LogP contribution is -1.99. The molecule has 8 aromatic rings. The van der Waals surface area contributed by atoms with Gasteiger partial charge in [-0.05, 0) is 54.7 Å². The van der Waals surface area contributed by atoms with Crippen LogP contribution >= 0.6 is 0 Å². The number of aryl methyl sites for hydroxylation is 1. The number of nitrogens with zero attached hydrogens (tertiary/aromatic N) is 2. The predicted molar refractivity (Wildman–Crippen MR) is 155 cm³/mol. The second-order valence-electron chi connectivity index (χ2n) is 10.8. The van der Waals surface area contributed by atoms with Gasteiger partial charge in [0.25, 0.3) is 0 Å². The number of hydrogen-bond donors (Lipinski definition) is 0. The van der Waals surface area contributed by atoms with E-state index in [1.807, 2.05) is 12.3 Å². The minimum Gasteiger partial charge on any atom is -0.455 e. The fourth-order valence-corrected chi connectivity index (χ4v) is 6.35. The standard InChI is InChI=1S/C34H26N2O/c1-19(2)15-21-16-28(35-18-20(21)3)27-17-26-24-12-8-11-23-22-9-4-6-13-29(22)36(32(23)24)33(26)31-25-10-5-7-14-30(25)37-34(27)31/h4-14,16-19H,15H2,1-3H3. The highest BCUT2D eigenvalue weighted by Gasteiger charge is 2.24. The molecule has 0 saturated carbocycles. The maximum absolute atomic E-state index is 6.64. The van der Waals surface area contributed by atoms with Gasteiger partial charge in [-0.2, -0.15) is 0 Å². The van der Waals surface area contributed by atoms with Gasteiger partial charge in [-0.15, -0.1) is 0 Å². The third-order valence-corrected chi connectivity index (χ3v) is 7.95. The smallest absolute Gasteiger partial charge is 0.146 e. The molecule has 4 heterocycles. The van der Waals surface area contributed by atoms with Gasteiger partial charge in [0.15, 0.2) is 0 Å². The summed E-state index contributed by atoms with van der Waals surface area (Å²) in [4.78, 5) is 4.93. The van der Waals surface area contributed by atoms with Crippen molar-refractivity contribution in [1.29, 1.82) is 0 Å². The van der Waals surface area contributed by atoms with Gasteiger partial charge < -0.3 is 8.82 Å². The first-order valence-electron chi connectivity index (χ1n) is 13.1. The summed E-state index contributed by atoms with van der Waals surface area (Å²) >= 11 is 0. The molecular weight excluding hydrogens is 452 g/mol. The van der Waals surface area contributed by atoms with Crippen LogP contribution in [0.2, 0.25) is 0 Å². The number of hydrogen-bond acceptors (Lipinski definition) is 2. The van der Waals surface area contributed by atoms with E-state index in [-0.39, 0.29) is 0 Å². The van der Waals surface area contributed by atoms with Crippen molar-refractivity contribution in [3.63, 3.8) is 0 Å². The van der Waals surface area contributed by atoms with E-state index < -0.39 is 0 Å². The van der Waals surface area contributed by atoms with Crippen LogP contribution in [-0.2, 0) is 6.42 Å². The van der Waals surface area contributed by atoms with Gasteiger partial charge in [0.05, 0.1) is 27.6 Å². The van der Waals surface area contributed by atoms with Gasteiger partial charge in [0.1, 0.15) is 11.2 Å². The normalized spacial score (nSPS) is 12.5. The highest BCUT2D eigenvalue weighted by atomic mass is 16.3. The van der Waals surface area contributed by atoms with E-state index in [1.165, 1.54) is 49.2 Å². The third-order valence-electron chi connectivity index (χ3n) is 7.95. The maximum Gasteiger partial charge on any atom is 0.146 e. The van der Waals surface area contributed by atoms with Crippen LogP contribution in [0.15, 0.2) is 89.5 Å². The third kappa shape index (κ3) is 2.74. The number of para-hydroxylation sites is 3. The first-order valence-corrected chi connectivity index (χ1v) is 13.1. The van der Waals surface area contributed by atoms with Crippen molar-refractivity contribution in [2.45, 2.75) is 27.2 Å². The molecule has 0 bridgehead atoms. The zero-order chi connectivity index (χ0) is 24.8. The van der Waals surface area contributed by atoms with Crippen LogP contribution in [0.4, 0.5) is 0 Å². The van der Waals surface area contributed by atoms with Crippen molar-refractivity contribution in [3.05, 3.63) is 96.2 Å². The molecular formula is C34H26N2O. The van der Waals surface area contributed by atoms with Gasteiger partial charge in [0, 0.05) is 38.7 Å². The molecule has 4 aromatic carbocycles. The summed E-state index contributed by atoms with van der Waals surface area (Å²) in [6.45, 7) is 6.70. The number of rotatable bonds is 3. The van der Waals surface area contributed by atoms with Gasteiger partial charge in [-0.1, -0.05) is 68.4 Å². The minimum absolute atomic E-state index is 0.581. The Morgan fingerprint density at radius 2 is 1.51 bits per heavy atom. The van der Waals surface area contributed by atoms with Gasteiger partial charge in [0.2, 0.25) is 0 Å². The molecule has 37 heavy (non-hydrogen) atoms. The minimum atomic E-state index is 0.581. The number of fused-ring (bicyclic) bond motifs is 10. The van der Waals surface area contributed by atoms with Crippen molar-refractivity contribution in [2.24, 2.45) is 5.92 Å². The van der Waals surface area contributed by atoms with Crippen LogP contribution in [0.3, 0.4) is 0 Å². The van der Waals surface area contributed by atoms with Crippen LogP contribution in [0.1, 0.15) is 25.0 Å². The molecule has 0 saturated heterocycles. The van der Waals surface area contributed by atoms with E-state index in [2.05, 4.69) is 98.0 Å². The van der Waals surface area contributed by atoms with Crippen molar-refractivity contribution >= 4 is 60.0 Å². The molecule has 0 spiro atoms. The Morgan fingerprint density at radius 3 is 2.35 bits per heavy atom. The molecule has 0 N–H and O–H groups in total. The molecule has 3 nitrogen and oxygen atoms in total. The molecule has 0 aliphatic carbocycles. The molecule has 8 rings (SSSR count). The van der Waals surface area contributed by atoms with Crippen molar-refractivity contribution in [1.82, 2.24) is 9.38 Å². The van der Waals surface area contributed by atoms with E-state index in [0.29, 0.717) is 5.92 Å². The SMILES string of the molecule is Cc1cnc(-c2cc3c4cccc5c6ccccc6n(c54)c3c3c2oc2ccccc23)cc1CC(C)C. The topological polar surface area (TPSA) is 30.4 Å². The molecule has 0 amide bonds. The van der Waals surface area contributed by atoms with Crippen LogP contribution in [0.5, 0.6) is 0 Å². The lowest BCUT2D eigenvalue weighted by Gasteiger charge is -2.11. The number of aromatic nitrogens is 2. The average Bonchev–Trinajstić information content (AvgIpc) is 3.56. The van der Waals surface area contributed by atoms with E-state index in [0.717, 1.165) is 39.6 Å². The van der Waals surface area contributed by atoms with E-state index in [9.17, 15) is 0 Å². The quantitative estimate of drug-likeness (QED) is 0.253. The molecule has 3 heteroatoms. The fraction of sp³-hybridized carbons (Fsp3) is 0.147. The fourth-order valence-electron chi connectivity index (χ4n) is 6.35. The predicted octanol–water partition coefficient (Wildman–Crippen LogP) is 9.31. The average molecular weight is 479 g/mol. The first kappa shape index (κ1) is 20.8. The molecule has 0 atom stereocenters. The van der Waals surface area contributed by atoms with E-state index in [1.54, 1.807) is 0 Å². The van der Waals surface area contributed by atoms with E-state index >= 15 is 0 Å². The Morgan fingerprint density at radius 1 is 0.784 bits per heavy atom. The second-order valence-corrected chi connectivity index (χ2v) is 10.8. The monoisotopic (exact) mass is 478 g/mol. The summed E-state index contributed by atoms with van der Waals surface area (Å²) in [6, 6.07) is 28.4. The van der Waals surface area contributed by atoms with Crippen LogP contribution in [0.25, 0.3) is 71.3 Å². The largest absolute Gasteiger partial charge is 0.455 e. The first-order chi connectivity index (χ1) is 18.1. The molecule has 0 aliphatic rings. The number of furan rings is 1. The summed E-state index contributed by atoms with van der Waals surface area (Å²) in [5.74, 6) is 0.581. The summed E-state index contributed by atoms with van der Waals surface area (Å²) in [6.07, 6.45) is 3.05. The molecule has 4 aromatic heterocycles. The lowest BCUT2D eigenvalue weighted by atomic mass is 9.96. The van der Waals surface area contributed by atoms with Crippen LogP contribution in [-0.4, -0.2) is 9.38 Å². The molecule has 0 unspecified atom stereocenters. The van der Waals surface area contributed by atoms with Crippen LogP contribution in [0, 0.1) is 12.8 Å². The maximum atomic E-state index is 6.64. The second kappa shape index (κ2) is 7.33. The summed E-state index contributed by atoms with van der Waals surface area (Å²) in [7, 11) is 0. The lowest BCUT2D eigenvalue weighted by molar-refractivity contribution is 0.644. The van der Waals surface area contributed by atoms with Crippen molar-refractivity contribution in [2.75, 3.05) is 0 Å². The van der Waals surface area contributed by atoms with Gasteiger partial charge in [-0.3, -0.25) is 4.98 Å². The Labute approximate surface area is 214 Å². The molecule has 178 valence electrons.